The van der Waals surface area contributed by atoms with Crippen molar-refractivity contribution in [1.82, 2.24) is 0 Å². The zero-order valence-corrected chi connectivity index (χ0v) is 11.4. The first kappa shape index (κ1) is 12.0. The fourth-order valence-corrected chi connectivity index (χ4v) is 2.63. The molecule has 3 aromatic rings. The smallest absolute Gasteiger partial charge is 0.156 e. The fourth-order valence-electron chi connectivity index (χ4n) is 2.63. The van der Waals surface area contributed by atoms with Crippen molar-refractivity contribution in [3.05, 3.63) is 90.0 Å². The van der Waals surface area contributed by atoms with E-state index in [1.54, 1.807) is 0 Å². The molecule has 0 saturated heterocycles. The lowest BCUT2D eigenvalue weighted by Crippen LogP contribution is -2.15. The first-order valence-corrected chi connectivity index (χ1v) is 6.99. The van der Waals surface area contributed by atoms with E-state index in [0.29, 0.717) is 0 Å². The van der Waals surface area contributed by atoms with Crippen molar-refractivity contribution in [3.8, 4) is 17.2 Å². The van der Waals surface area contributed by atoms with E-state index in [9.17, 15) is 0 Å². The van der Waals surface area contributed by atoms with Gasteiger partial charge in [0.15, 0.2) is 6.10 Å². The number of rotatable bonds is 2. The van der Waals surface area contributed by atoms with E-state index in [1.807, 2.05) is 66.7 Å². The summed E-state index contributed by atoms with van der Waals surface area (Å²) in [6, 6.07) is 25.9. The summed E-state index contributed by atoms with van der Waals surface area (Å²) in [4.78, 5) is 0. The fraction of sp³-hybridized carbons (Fsp3) is 0.0526. The molecule has 2 nitrogen and oxygen atoms in total. The van der Waals surface area contributed by atoms with Gasteiger partial charge in [-0.2, -0.15) is 0 Å². The van der Waals surface area contributed by atoms with Gasteiger partial charge in [-0.25, -0.2) is 0 Å². The highest BCUT2D eigenvalue weighted by molar-refractivity contribution is 5.52. The van der Waals surface area contributed by atoms with Gasteiger partial charge in [0.05, 0.1) is 0 Å². The zero-order valence-electron chi connectivity index (χ0n) is 11.4. The number of benzene rings is 3. The van der Waals surface area contributed by atoms with Crippen LogP contribution >= 0.6 is 0 Å². The molecule has 1 heterocycles. The monoisotopic (exact) mass is 274 g/mol. The summed E-state index contributed by atoms with van der Waals surface area (Å²) in [5, 5.41) is 0. The molecule has 1 aliphatic heterocycles. The number of hydrogen-bond acceptors (Lipinski definition) is 2. The molecule has 0 radical (unpaired) electrons. The van der Waals surface area contributed by atoms with Crippen LogP contribution in [0.5, 0.6) is 17.2 Å². The van der Waals surface area contributed by atoms with Gasteiger partial charge < -0.3 is 9.47 Å². The summed E-state index contributed by atoms with van der Waals surface area (Å²) in [6.07, 6.45) is -0.145. The van der Waals surface area contributed by atoms with Crippen molar-refractivity contribution in [2.75, 3.05) is 0 Å². The molecule has 3 aromatic carbocycles. The molecule has 0 fully saturated rings. The number of ether oxygens (including phenoxy) is 2. The summed E-state index contributed by atoms with van der Waals surface area (Å²) < 4.78 is 12.2. The van der Waals surface area contributed by atoms with Crippen LogP contribution in [0.3, 0.4) is 0 Å². The topological polar surface area (TPSA) is 18.5 Å². The quantitative estimate of drug-likeness (QED) is 0.657. The molecule has 0 spiro atoms. The van der Waals surface area contributed by atoms with E-state index in [4.69, 9.17) is 9.47 Å². The maximum atomic E-state index is 6.23. The number of fused-ring (bicyclic) bond motifs is 2. The second-order valence-electron chi connectivity index (χ2n) is 4.99. The molecule has 0 N–H and O–H groups in total. The summed E-state index contributed by atoms with van der Waals surface area (Å²) in [5.41, 5.74) is 2.11. The highest BCUT2D eigenvalue weighted by atomic mass is 16.5. The van der Waals surface area contributed by atoms with Gasteiger partial charge in [-0.1, -0.05) is 54.6 Å². The molecule has 102 valence electrons. The van der Waals surface area contributed by atoms with Gasteiger partial charge in [-0.15, -0.1) is 0 Å². The van der Waals surface area contributed by atoms with E-state index in [1.165, 1.54) is 0 Å². The number of hydrogen-bond donors (Lipinski definition) is 0. The van der Waals surface area contributed by atoms with E-state index in [2.05, 4.69) is 12.1 Å². The highest BCUT2D eigenvalue weighted by Crippen LogP contribution is 2.44. The van der Waals surface area contributed by atoms with Gasteiger partial charge in [-0.3, -0.25) is 0 Å². The third kappa shape index (κ3) is 2.15. The van der Waals surface area contributed by atoms with Crippen molar-refractivity contribution in [2.45, 2.75) is 6.10 Å². The molecule has 0 aliphatic carbocycles. The van der Waals surface area contributed by atoms with Crippen LogP contribution in [0.25, 0.3) is 0 Å². The Balaban J connectivity index is 1.82. The molecule has 0 unspecified atom stereocenters. The molecular formula is C19H14O2. The standard InChI is InChI=1S/C19H14O2/c1-2-8-14(9-3-1)20-19-15-10-4-6-12-17(15)21-18-13-7-5-11-16(18)19/h1-13,19H. The lowest BCUT2D eigenvalue weighted by atomic mass is 9.97. The summed E-state index contributed by atoms with van der Waals surface area (Å²) in [7, 11) is 0. The van der Waals surface area contributed by atoms with Crippen LogP contribution in [0.15, 0.2) is 78.9 Å². The first-order valence-electron chi connectivity index (χ1n) is 6.99. The van der Waals surface area contributed by atoms with Crippen molar-refractivity contribution in [2.24, 2.45) is 0 Å². The van der Waals surface area contributed by atoms with Crippen LogP contribution in [0, 0.1) is 0 Å². The summed E-state index contributed by atoms with van der Waals surface area (Å²) >= 11 is 0. The van der Waals surface area contributed by atoms with Crippen molar-refractivity contribution in [1.29, 1.82) is 0 Å². The minimum atomic E-state index is -0.145. The molecule has 0 aromatic heterocycles. The SMILES string of the molecule is c1ccc(OC2c3ccccc3Oc3ccccc32)cc1. The van der Waals surface area contributed by atoms with Crippen LogP contribution in [0.2, 0.25) is 0 Å². The lowest BCUT2D eigenvalue weighted by Gasteiger charge is -2.28. The van der Waals surface area contributed by atoms with E-state index >= 15 is 0 Å². The maximum Gasteiger partial charge on any atom is 0.156 e. The molecule has 2 heteroatoms. The molecule has 0 saturated carbocycles. The summed E-state index contributed by atoms with van der Waals surface area (Å²) in [6.45, 7) is 0. The Hall–Kier alpha value is -2.74. The Morgan fingerprint density at radius 3 is 1.76 bits per heavy atom. The summed E-state index contributed by atoms with van der Waals surface area (Å²) in [5.74, 6) is 2.57. The first-order chi connectivity index (χ1) is 10.4. The van der Waals surface area contributed by atoms with E-state index in [-0.39, 0.29) is 6.10 Å². The van der Waals surface area contributed by atoms with Gasteiger partial charge in [0.25, 0.3) is 0 Å². The predicted molar refractivity (Wildman–Crippen MR) is 81.9 cm³/mol. The molecule has 21 heavy (non-hydrogen) atoms. The molecule has 0 amide bonds. The second-order valence-corrected chi connectivity index (χ2v) is 4.99. The minimum absolute atomic E-state index is 0.145. The van der Waals surface area contributed by atoms with Gasteiger partial charge in [0.2, 0.25) is 0 Å². The largest absolute Gasteiger partial charge is 0.481 e. The lowest BCUT2D eigenvalue weighted by molar-refractivity contribution is 0.228. The van der Waals surface area contributed by atoms with Crippen LogP contribution in [-0.4, -0.2) is 0 Å². The molecular weight excluding hydrogens is 260 g/mol. The van der Waals surface area contributed by atoms with Crippen molar-refractivity contribution in [3.63, 3.8) is 0 Å². The Labute approximate surface area is 123 Å². The Bertz CT molecular complexity index is 720. The van der Waals surface area contributed by atoms with Crippen LogP contribution in [-0.2, 0) is 0 Å². The maximum absolute atomic E-state index is 6.23. The average Bonchev–Trinajstić information content (AvgIpc) is 2.55. The average molecular weight is 274 g/mol. The second kappa shape index (κ2) is 4.98. The third-order valence-electron chi connectivity index (χ3n) is 3.62. The molecule has 0 atom stereocenters. The van der Waals surface area contributed by atoms with Gasteiger partial charge in [-0.05, 0) is 24.3 Å². The van der Waals surface area contributed by atoms with E-state index < -0.39 is 0 Å². The number of para-hydroxylation sites is 3. The third-order valence-corrected chi connectivity index (χ3v) is 3.62. The van der Waals surface area contributed by atoms with E-state index in [0.717, 1.165) is 28.4 Å². The highest BCUT2D eigenvalue weighted by Gasteiger charge is 2.28. The molecule has 1 aliphatic rings. The molecule has 0 bridgehead atoms. The van der Waals surface area contributed by atoms with Gasteiger partial charge in [0, 0.05) is 11.1 Å². The van der Waals surface area contributed by atoms with Crippen LogP contribution in [0.4, 0.5) is 0 Å². The predicted octanol–water partition coefficient (Wildman–Crippen LogP) is 4.96. The molecule has 4 rings (SSSR count). The van der Waals surface area contributed by atoms with Crippen molar-refractivity contribution < 1.29 is 9.47 Å². The van der Waals surface area contributed by atoms with Crippen LogP contribution < -0.4 is 9.47 Å². The Morgan fingerprint density at radius 2 is 1.14 bits per heavy atom. The Morgan fingerprint density at radius 1 is 0.619 bits per heavy atom. The Kier molecular flexibility index (Phi) is 2.86. The normalized spacial score (nSPS) is 13.0. The van der Waals surface area contributed by atoms with Crippen molar-refractivity contribution >= 4 is 0 Å². The minimum Gasteiger partial charge on any atom is -0.481 e. The van der Waals surface area contributed by atoms with Gasteiger partial charge in [0.1, 0.15) is 17.2 Å². The van der Waals surface area contributed by atoms with Crippen LogP contribution in [0.1, 0.15) is 17.2 Å². The van der Waals surface area contributed by atoms with Gasteiger partial charge >= 0.3 is 0 Å². The zero-order chi connectivity index (χ0) is 14.1.